The van der Waals surface area contributed by atoms with Crippen LogP contribution >= 0.6 is 23.7 Å². The average Bonchev–Trinajstić information content (AvgIpc) is 2.93. The molecule has 0 aliphatic carbocycles. The molecular formula is C17H17ClN2S. The van der Waals surface area contributed by atoms with E-state index in [4.69, 9.17) is 10.7 Å². The summed E-state index contributed by atoms with van der Waals surface area (Å²) in [6.45, 7) is 0.635. The largest absolute Gasteiger partial charge is 0.330 e. The van der Waals surface area contributed by atoms with Crippen molar-refractivity contribution in [3.63, 3.8) is 0 Å². The van der Waals surface area contributed by atoms with Crippen LogP contribution in [0.1, 0.15) is 5.01 Å². The Morgan fingerprint density at radius 3 is 2.00 bits per heavy atom. The summed E-state index contributed by atoms with van der Waals surface area (Å²) in [5.74, 6) is 0. The molecule has 21 heavy (non-hydrogen) atoms. The summed E-state index contributed by atoms with van der Waals surface area (Å²) >= 11 is 1.74. The lowest BCUT2D eigenvalue weighted by atomic mass is 10.1. The van der Waals surface area contributed by atoms with Crippen molar-refractivity contribution in [3.8, 4) is 21.7 Å². The molecule has 0 bridgehead atoms. The number of aromatic nitrogens is 1. The number of nitrogens with two attached hydrogens (primary N) is 1. The van der Waals surface area contributed by atoms with Crippen molar-refractivity contribution >= 4 is 23.7 Å². The van der Waals surface area contributed by atoms with Gasteiger partial charge in [0, 0.05) is 12.0 Å². The van der Waals surface area contributed by atoms with Gasteiger partial charge in [0.1, 0.15) is 0 Å². The number of benzene rings is 2. The Kier molecular flexibility index (Phi) is 5.51. The molecule has 0 aliphatic heterocycles. The minimum absolute atomic E-state index is 0. The smallest absolute Gasteiger partial charge is 0.0951 e. The molecule has 0 fully saturated rings. The van der Waals surface area contributed by atoms with Crippen LogP contribution in [0, 0.1) is 0 Å². The van der Waals surface area contributed by atoms with Crippen molar-refractivity contribution in [1.29, 1.82) is 0 Å². The molecule has 0 atom stereocenters. The van der Waals surface area contributed by atoms with E-state index >= 15 is 0 Å². The third-order valence-corrected chi connectivity index (χ3v) is 4.28. The fraction of sp³-hybridized carbons (Fsp3) is 0.118. The topological polar surface area (TPSA) is 38.9 Å². The molecule has 0 unspecified atom stereocenters. The molecule has 3 aromatic rings. The average molecular weight is 317 g/mol. The predicted octanol–water partition coefficient (Wildman–Crippen LogP) is 4.40. The van der Waals surface area contributed by atoms with E-state index in [1.165, 1.54) is 10.4 Å². The van der Waals surface area contributed by atoms with Crippen LogP contribution in [-0.4, -0.2) is 11.5 Å². The lowest BCUT2D eigenvalue weighted by molar-refractivity contribution is 0.954. The summed E-state index contributed by atoms with van der Waals surface area (Å²) in [5.41, 5.74) is 9.10. The van der Waals surface area contributed by atoms with Gasteiger partial charge >= 0.3 is 0 Å². The molecule has 1 aromatic heterocycles. The van der Waals surface area contributed by atoms with Crippen LogP contribution in [0.5, 0.6) is 0 Å². The molecule has 3 rings (SSSR count). The third kappa shape index (κ3) is 3.50. The predicted molar refractivity (Wildman–Crippen MR) is 93.0 cm³/mol. The van der Waals surface area contributed by atoms with Crippen LogP contribution < -0.4 is 5.73 Å². The van der Waals surface area contributed by atoms with Gasteiger partial charge in [-0.3, -0.25) is 0 Å². The summed E-state index contributed by atoms with van der Waals surface area (Å²) in [7, 11) is 0. The van der Waals surface area contributed by atoms with Gasteiger partial charge in [0.25, 0.3) is 0 Å². The molecule has 4 heteroatoms. The summed E-state index contributed by atoms with van der Waals surface area (Å²) in [6.07, 6.45) is 0.831. The first-order valence-electron chi connectivity index (χ1n) is 6.69. The molecular weight excluding hydrogens is 300 g/mol. The summed E-state index contributed by atoms with van der Waals surface area (Å²) in [6, 6.07) is 20.8. The van der Waals surface area contributed by atoms with Gasteiger partial charge in [-0.05, 0) is 12.1 Å². The van der Waals surface area contributed by atoms with E-state index < -0.39 is 0 Å². The molecule has 0 radical (unpaired) electrons. The van der Waals surface area contributed by atoms with Crippen molar-refractivity contribution < 1.29 is 0 Å². The van der Waals surface area contributed by atoms with Gasteiger partial charge in [-0.25, -0.2) is 4.98 Å². The fourth-order valence-corrected chi connectivity index (χ4v) is 3.28. The summed E-state index contributed by atoms with van der Waals surface area (Å²) in [5, 5.41) is 1.10. The van der Waals surface area contributed by atoms with Crippen LogP contribution in [0.3, 0.4) is 0 Å². The van der Waals surface area contributed by atoms with Crippen LogP contribution in [0.2, 0.25) is 0 Å². The first-order valence-corrected chi connectivity index (χ1v) is 7.51. The molecule has 0 spiro atoms. The molecule has 2 N–H and O–H groups in total. The standard InChI is InChI=1S/C17H16N2S.ClH/c18-12-11-15-19-16(13-7-3-1-4-8-13)17(20-15)14-9-5-2-6-10-14;/h1-10H,11-12,18H2;1H. The lowest BCUT2D eigenvalue weighted by Crippen LogP contribution is -2.01. The molecule has 0 amide bonds. The highest BCUT2D eigenvalue weighted by Gasteiger charge is 2.14. The van der Waals surface area contributed by atoms with Crippen molar-refractivity contribution in [2.45, 2.75) is 6.42 Å². The second-order valence-corrected chi connectivity index (χ2v) is 5.64. The highest BCUT2D eigenvalue weighted by atomic mass is 35.5. The Hall–Kier alpha value is -1.68. The first-order chi connectivity index (χ1) is 9.88. The summed E-state index contributed by atoms with van der Waals surface area (Å²) < 4.78 is 0. The normalized spacial score (nSPS) is 10.1. The zero-order chi connectivity index (χ0) is 13.8. The van der Waals surface area contributed by atoms with E-state index in [1.807, 2.05) is 24.3 Å². The Balaban J connectivity index is 0.00000161. The third-order valence-electron chi connectivity index (χ3n) is 3.11. The van der Waals surface area contributed by atoms with Crippen molar-refractivity contribution in [1.82, 2.24) is 4.98 Å². The number of nitrogens with zero attached hydrogens (tertiary/aromatic N) is 1. The van der Waals surface area contributed by atoms with E-state index in [0.717, 1.165) is 22.7 Å². The highest BCUT2D eigenvalue weighted by Crippen LogP contribution is 2.36. The monoisotopic (exact) mass is 316 g/mol. The lowest BCUT2D eigenvalue weighted by Gasteiger charge is -2.02. The SMILES string of the molecule is Cl.NCCc1nc(-c2ccccc2)c(-c2ccccc2)s1. The van der Waals surface area contributed by atoms with Crippen LogP contribution in [0.15, 0.2) is 60.7 Å². The maximum atomic E-state index is 5.66. The molecule has 0 saturated carbocycles. The van der Waals surface area contributed by atoms with E-state index in [1.54, 1.807) is 11.3 Å². The van der Waals surface area contributed by atoms with Gasteiger partial charge in [-0.15, -0.1) is 23.7 Å². The Labute approximate surface area is 135 Å². The van der Waals surface area contributed by atoms with Crippen LogP contribution in [0.4, 0.5) is 0 Å². The Morgan fingerprint density at radius 2 is 1.43 bits per heavy atom. The molecule has 0 aliphatic rings. The first kappa shape index (κ1) is 15.7. The number of hydrogen-bond donors (Lipinski definition) is 1. The molecule has 1 heterocycles. The van der Waals surface area contributed by atoms with Gasteiger partial charge in [-0.2, -0.15) is 0 Å². The van der Waals surface area contributed by atoms with E-state index in [0.29, 0.717) is 6.54 Å². The van der Waals surface area contributed by atoms with Gasteiger partial charge in [-0.1, -0.05) is 60.7 Å². The molecule has 2 nitrogen and oxygen atoms in total. The van der Waals surface area contributed by atoms with Crippen LogP contribution in [0.25, 0.3) is 21.7 Å². The second-order valence-electron chi connectivity index (χ2n) is 4.56. The maximum Gasteiger partial charge on any atom is 0.0951 e. The molecule has 0 saturated heterocycles. The number of hydrogen-bond acceptors (Lipinski definition) is 3. The minimum Gasteiger partial charge on any atom is -0.330 e. The van der Waals surface area contributed by atoms with Crippen molar-refractivity contribution in [2.75, 3.05) is 6.54 Å². The van der Waals surface area contributed by atoms with Crippen LogP contribution in [-0.2, 0) is 6.42 Å². The number of thiazole rings is 1. The van der Waals surface area contributed by atoms with E-state index in [9.17, 15) is 0 Å². The zero-order valence-electron chi connectivity index (χ0n) is 11.5. The Morgan fingerprint density at radius 1 is 0.857 bits per heavy atom. The number of halogens is 1. The second kappa shape index (κ2) is 7.36. The highest BCUT2D eigenvalue weighted by molar-refractivity contribution is 7.15. The van der Waals surface area contributed by atoms with E-state index in [-0.39, 0.29) is 12.4 Å². The van der Waals surface area contributed by atoms with Gasteiger partial charge < -0.3 is 5.73 Å². The zero-order valence-corrected chi connectivity index (χ0v) is 13.2. The molecule has 2 aromatic carbocycles. The summed E-state index contributed by atoms with van der Waals surface area (Å²) in [4.78, 5) is 6.01. The van der Waals surface area contributed by atoms with Gasteiger partial charge in [0.15, 0.2) is 0 Å². The van der Waals surface area contributed by atoms with Crippen molar-refractivity contribution in [3.05, 3.63) is 65.7 Å². The molecule has 108 valence electrons. The van der Waals surface area contributed by atoms with Gasteiger partial charge in [0.2, 0.25) is 0 Å². The number of rotatable bonds is 4. The Bertz CT molecular complexity index is 624. The maximum absolute atomic E-state index is 5.66. The fourth-order valence-electron chi connectivity index (χ4n) is 2.17. The van der Waals surface area contributed by atoms with E-state index in [2.05, 4.69) is 36.4 Å². The van der Waals surface area contributed by atoms with Gasteiger partial charge in [0.05, 0.1) is 15.6 Å². The minimum atomic E-state index is 0. The quantitative estimate of drug-likeness (QED) is 0.774. The van der Waals surface area contributed by atoms with Crippen molar-refractivity contribution in [2.24, 2.45) is 5.73 Å².